The summed E-state index contributed by atoms with van der Waals surface area (Å²) in [5.74, 6) is 1.68. The van der Waals surface area contributed by atoms with Crippen LogP contribution in [0.15, 0.2) is 35.2 Å². The van der Waals surface area contributed by atoms with Gasteiger partial charge in [0.15, 0.2) is 11.5 Å². The summed E-state index contributed by atoms with van der Waals surface area (Å²) in [6, 6.07) is 8.18. The van der Waals surface area contributed by atoms with Gasteiger partial charge in [0.1, 0.15) is 5.75 Å². The Morgan fingerprint density at radius 3 is 1.86 bits per heavy atom. The summed E-state index contributed by atoms with van der Waals surface area (Å²) in [5.41, 5.74) is 1.12. The van der Waals surface area contributed by atoms with Crippen LogP contribution >= 0.6 is 0 Å². The second kappa shape index (κ2) is 11.7. The molecule has 1 aliphatic rings. The van der Waals surface area contributed by atoms with Crippen molar-refractivity contribution in [1.29, 1.82) is 0 Å². The third kappa shape index (κ3) is 5.31. The van der Waals surface area contributed by atoms with Crippen molar-refractivity contribution in [2.24, 2.45) is 0 Å². The summed E-state index contributed by atoms with van der Waals surface area (Å²) < 4.78 is 49.2. The maximum absolute atomic E-state index is 13.3. The van der Waals surface area contributed by atoms with Gasteiger partial charge in [-0.1, -0.05) is 13.8 Å². The van der Waals surface area contributed by atoms with Gasteiger partial charge in [-0.15, -0.1) is 0 Å². The van der Waals surface area contributed by atoms with Crippen molar-refractivity contribution >= 4 is 21.6 Å². The molecule has 1 heterocycles. The highest BCUT2D eigenvalue weighted by molar-refractivity contribution is 7.89. The van der Waals surface area contributed by atoms with E-state index in [4.69, 9.17) is 18.9 Å². The largest absolute Gasteiger partial charge is 0.495 e. The average molecular weight is 522 g/mol. The fourth-order valence-electron chi connectivity index (χ4n) is 4.33. The zero-order valence-corrected chi connectivity index (χ0v) is 22.6. The molecule has 1 saturated heterocycles. The van der Waals surface area contributed by atoms with Gasteiger partial charge >= 0.3 is 0 Å². The Bertz CT molecular complexity index is 1150. The van der Waals surface area contributed by atoms with E-state index in [-0.39, 0.29) is 10.8 Å². The number of piperazine rings is 1. The van der Waals surface area contributed by atoms with Crippen LogP contribution in [0.3, 0.4) is 0 Å². The number of methoxy groups -OCH3 is 4. The lowest BCUT2D eigenvalue weighted by atomic mass is 10.1. The van der Waals surface area contributed by atoms with Gasteiger partial charge in [-0.3, -0.25) is 4.79 Å². The van der Waals surface area contributed by atoms with Crippen LogP contribution in [-0.2, 0) is 10.0 Å². The Morgan fingerprint density at radius 1 is 0.833 bits per heavy atom. The molecule has 0 aromatic heterocycles. The van der Waals surface area contributed by atoms with E-state index in [2.05, 4.69) is 0 Å². The van der Waals surface area contributed by atoms with E-state index in [1.54, 1.807) is 42.3 Å². The molecule has 3 rings (SSSR count). The lowest BCUT2D eigenvalue weighted by Crippen LogP contribution is -2.49. The van der Waals surface area contributed by atoms with E-state index in [0.717, 1.165) is 0 Å². The van der Waals surface area contributed by atoms with Gasteiger partial charge in [0.2, 0.25) is 15.8 Å². The second-order valence-corrected chi connectivity index (χ2v) is 10.1. The van der Waals surface area contributed by atoms with Crippen molar-refractivity contribution in [2.75, 3.05) is 72.6 Å². The molecule has 1 aliphatic heterocycles. The minimum atomic E-state index is -3.61. The van der Waals surface area contributed by atoms with Crippen LogP contribution in [0, 0.1) is 0 Å². The Labute approximate surface area is 213 Å². The number of carbonyl (C=O) groups excluding carboxylic acids is 1. The molecular weight excluding hydrogens is 486 g/mol. The fourth-order valence-corrected chi connectivity index (χ4v) is 5.81. The minimum Gasteiger partial charge on any atom is -0.495 e. The first-order chi connectivity index (χ1) is 17.2. The molecule has 1 fully saturated rings. The highest BCUT2D eigenvalue weighted by atomic mass is 32.2. The van der Waals surface area contributed by atoms with Crippen LogP contribution in [0.5, 0.6) is 23.0 Å². The first kappa shape index (κ1) is 27.4. The number of sulfonamides is 1. The molecule has 2 aromatic rings. The summed E-state index contributed by atoms with van der Waals surface area (Å²) in [5, 5.41) is 0. The molecule has 0 N–H and O–H groups in total. The van der Waals surface area contributed by atoms with Crippen molar-refractivity contribution in [2.45, 2.75) is 18.7 Å². The SMILES string of the molecule is CCN(CC)S(=O)(=O)c1ccc(OC)c(N2CCN(C(=O)c3cc(OC)c(OC)c(OC)c3)CC2)c1. The molecule has 2 aromatic carbocycles. The van der Waals surface area contributed by atoms with Gasteiger partial charge in [-0.05, 0) is 30.3 Å². The number of benzene rings is 2. The summed E-state index contributed by atoms with van der Waals surface area (Å²) in [7, 11) is 2.47. The zero-order valence-electron chi connectivity index (χ0n) is 21.7. The number of anilines is 1. The van der Waals surface area contributed by atoms with Crippen LogP contribution in [0.4, 0.5) is 5.69 Å². The Kier molecular flexibility index (Phi) is 8.91. The smallest absolute Gasteiger partial charge is 0.254 e. The molecule has 36 heavy (non-hydrogen) atoms. The standard InChI is InChI=1S/C25H35N3O7S/c1-7-28(8-2)36(30,31)19-9-10-21(32-3)20(17-19)26-11-13-27(14-12-26)25(29)18-15-22(33-4)24(35-6)23(16-18)34-5/h9-10,15-17H,7-8,11-14H2,1-6H3. The number of amides is 1. The highest BCUT2D eigenvalue weighted by Crippen LogP contribution is 2.39. The lowest BCUT2D eigenvalue weighted by molar-refractivity contribution is 0.0745. The normalized spacial score (nSPS) is 14.1. The molecule has 0 radical (unpaired) electrons. The summed E-state index contributed by atoms with van der Waals surface area (Å²) in [4.78, 5) is 17.3. The van der Waals surface area contributed by atoms with Gasteiger partial charge < -0.3 is 28.7 Å². The molecule has 0 aliphatic carbocycles. The number of ether oxygens (including phenoxy) is 4. The van der Waals surface area contributed by atoms with E-state index in [1.165, 1.54) is 25.6 Å². The molecule has 198 valence electrons. The number of nitrogens with zero attached hydrogens (tertiary/aromatic N) is 3. The van der Waals surface area contributed by atoms with E-state index < -0.39 is 10.0 Å². The molecule has 0 unspecified atom stereocenters. The van der Waals surface area contributed by atoms with E-state index in [0.29, 0.717) is 73.5 Å². The van der Waals surface area contributed by atoms with E-state index >= 15 is 0 Å². The van der Waals surface area contributed by atoms with Crippen LogP contribution in [0.25, 0.3) is 0 Å². The summed E-state index contributed by atoms with van der Waals surface area (Å²) >= 11 is 0. The Morgan fingerprint density at radius 2 is 1.39 bits per heavy atom. The van der Waals surface area contributed by atoms with Gasteiger partial charge in [0.25, 0.3) is 5.91 Å². The summed E-state index contributed by atoms with van der Waals surface area (Å²) in [6.45, 7) is 6.34. The third-order valence-corrected chi connectivity index (χ3v) is 8.36. The first-order valence-corrected chi connectivity index (χ1v) is 13.2. The molecule has 1 amide bonds. The molecule has 0 spiro atoms. The van der Waals surface area contributed by atoms with Crippen LogP contribution in [-0.4, -0.2) is 91.2 Å². The monoisotopic (exact) mass is 521 g/mol. The fraction of sp³-hybridized carbons (Fsp3) is 0.480. The molecule has 0 saturated carbocycles. The highest BCUT2D eigenvalue weighted by Gasteiger charge is 2.28. The second-order valence-electron chi connectivity index (χ2n) is 8.12. The van der Waals surface area contributed by atoms with E-state index in [9.17, 15) is 13.2 Å². The van der Waals surface area contributed by atoms with E-state index in [1.807, 2.05) is 18.7 Å². The van der Waals surface area contributed by atoms with Gasteiger partial charge in [0.05, 0.1) is 39.0 Å². The molecular formula is C25H35N3O7S. The molecule has 0 atom stereocenters. The lowest BCUT2D eigenvalue weighted by Gasteiger charge is -2.37. The average Bonchev–Trinajstić information content (AvgIpc) is 2.91. The topological polar surface area (TPSA) is 97.9 Å². The summed E-state index contributed by atoms with van der Waals surface area (Å²) in [6.07, 6.45) is 0. The van der Waals surface area contributed by atoms with Gasteiger partial charge in [-0.2, -0.15) is 4.31 Å². The third-order valence-electron chi connectivity index (χ3n) is 6.31. The number of hydrogen-bond donors (Lipinski definition) is 0. The van der Waals surface area contributed by atoms with Crippen LogP contribution < -0.4 is 23.8 Å². The predicted octanol–water partition coefficient (Wildman–Crippen LogP) is 2.71. The first-order valence-electron chi connectivity index (χ1n) is 11.8. The van der Waals surface area contributed by atoms with Crippen molar-refractivity contribution < 1.29 is 32.2 Å². The maximum atomic E-state index is 13.3. The molecule has 11 heteroatoms. The van der Waals surface area contributed by atoms with Crippen molar-refractivity contribution in [3.05, 3.63) is 35.9 Å². The zero-order chi connectivity index (χ0) is 26.5. The minimum absolute atomic E-state index is 0.154. The quantitative estimate of drug-likeness (QED) is 0.471. The maximum Gasteiger partial charge on any atom is 0.254 e. The van der Waals surface area contributed by atoms with Crippen LogP contribution in [0.1, 0.15) is 24.2 Å². The van der Waals surface area contributed by atoms with Gasteiger partial charge in [-0.25, -0.2) is 8.42 Å². The Hall–Kier alpha value is -3.18. The van der Waals surface area contributed by atoms with Crippen molar-refractivity contribution in [3.8, 4) is 23.0 Å². The number of hydrogen-bond acceptors (Lipinski definition) is 8. The van der Waals surface area contributed by atoms with Crippen molar-refractivity contribution in [3.63, 3.8) is 0 Å². The number of carbonyl (C=O) groups is 1. The molecule has 10 nitrogen and oxygen atoms in total. The predicted molar refractivity (Wildman–Crippen MR) is 137 cm³/mol. The van der Waals surface area contributed by atoms with Crippen LogP contribution in [0.2, 0.25) is 0 Å². The van der Waals surface area contributed by atoms with Crippen molar-refractivity contribution in [1.82, 2.24) is 9.21 Å². The van der Waals surface area contributed by atoms with Gasteiger partial charge in [0, 0.05) is 44.8 Å². The Balaban J connectivity index is 1.82. The number of rotatable bonds is 10. The molecule has 0 bridgehead atoms.